The van der Waals surface area contributed by atoms with Gasteiger partial charge in [-0.1, -0.05) is 20.8 Å². The summed E-state index contributed by atoms with van der Waals surface area (Å²) in [4.78, 5) is 29.5. The van der Waals surface area contributed by atoms with Crippen LogP contribution in [0.2, 0.25) is 0 Å². The summed E-state index contributed by atoms with van der Waals surface area (Å²) in [6.45, 7) is 9.24. The van der Waals surface area contributed by atoms with E-state index in [1.165, 1.54) is 11.3 Å². The molecule has 3 rings (SSSR count). The Kier molecular flexibility index (Phi) is 4.28. The van der Waals surface area contributed by atoms with Crippen LogP contribution in [0.4, 0.5) is 10.8 Å². The van der Waals surface area contributed by atoms with Crippen molar-refractivity contribution in [2.75, 3.05) is 10.6 Å². The molecule has 0 fully saturated rings. The number of hydrogen-bond donors (Lipinski definition) is 2. The monoisotopic (exact) mass is 359 g/mol. The van der Waals surface area contributed by atoms with Crippen molar-refractivity contribution in [3.05, 3.63) is 23.1 Å². The van der Waals surface area contributed by atoms with Crippen molar-refractivity contribution in [2.45, 2.75) is 40.7 Å². The summed E-state index contributed by atoms with van der Waals surface area (Å²) in [5, 5.41) is 6.27. The van der Waals surface area contributed by atoms with Crippen molar-refractivity contribution in [3.8, 4) is 17.0 Å². The molecule has 6 nitrogen and oxygen atoms in total. The molecule has 0 aliphatic carbocycles. The molecule has 7 heteroatoms. The lowest BCUT2D eigenvalue weighted by atomic mass is 9.96. The Bertz CT molecular complexity index is 852. The van der Waals surface area contributed by atoms with Gasteiger partial charge in [0.2, 0.25) is 5.91 Å². The minimum atomic E-state index is -0.501. The van der Waals surface area contributed by atoms with Gasteiger partial charge >= 0.3 is 0 Å². The normalized spacial score (nSPS) is 16.7. The van der Waals surface area contributed by atoms with E-state index >= 15 is 0 Å². The van der Waals surface area contributed by atoms with Crippen LogP contribution in [0.1, 0.15) is 32.6 Å². The first-order valence-corrected chi connectivity index (χ1v) is 8.87. The van der Waals surface area contributed by atoms with E-state index in [2.05, 4.69) is 15.6 Å². The zero-order chi connectivity index (χ0) is 18.4. The number of hydrogen-bond acceptors (Lipinski definition) is 5. The number of rotatable bonds is 2. The number of fused-ring (bicyclic) bond motifs is 1. The summed E-state index contributed by atoms with van der Waals surface area (Å²) >= 11 is 1.43. The third kappa shape index (κ3) is 3.51. The Morgan fingerprint density at radius 3 is 2.76 bits per heavy atom. The summed E-state index contributed by atoms with van der Waals surface area (Å²) in [6.07, 6.45) is -0.501. The number of nitrogens with one attached hydrogen (secondary N) is 2. The zero-order valence-corrected chi connectivity index (χ0v) is 15.7. The maximum atomic E-state index is 12.1. The van der Waals surface area contributed by atoms with Crippen LogP contribution in [0.15, 0.2) is 18.2 Å². The van der Waals surface area contributed by atoms with Crippen LogP contribution >= 0.6 is 11.3 Å². The molecule has 0 saturated heterocycles. The molecule has 0 saturated carbocycles. The molecule has 0 unspecified atom stereocenters. The number of nitrogens with zero attached hydrogens (tertiary/aromatic N) is 1. The molecule has 2 aromatic rings. The predicted octanol–water partition coefficient (Wildman–Crippen LogP) is 3.82. The second-order valence-corrected chi connectivity index (χ2v) is 8.29. The number of carbonyl (C=O) groups excluding carboxylic acids is 2. The fourth-order valence-corrected chi connectivity index (χ4v) is 3.19. The van der Waals surface area contributed by atoms with Crippen LogP contribution in [0.25, 0.3) is 11.3 Å². The number of carbonyl (C=O) groups is 2. The Hall–Kier alpha value is -2.41. The number of ether oxygens (including phenoxy) is 1. The smallest absolute Gasteiger partial charge is 0.265 e. The molecule has 2 heterocycles. The van der Waals surface area contributed by atoms with E-state index in [0.29, 0.717) is 16.6 Å². The lowest BCUT2D eigenvalue weighted by Crippen LogP contribution is -2.34. The Morgan fingerprint density at radius 1 is 1.36 bits per heavy atom. The standard InChI is InChI=1S/C18H21N3O3S/c1-9-15(22)19-12-8-11(6-7-13(12)24-9)14-10(2)25-17(20-14)21-16(23)18(3,4)5/h6-9H,1-5H3,(H,19,22)(H,20,21,23)/t9-/m1/s1. The van der Waals surface area contributed by atoms with Gasteiger partial charge in [-0.2, -0.15) is 0 Å². The maximum Gasteiger partial charge on any atom is 0.265 e. The molecular formula is C18H21N3O3S. The van der Waals surface area contributed by atoms with Crippen molar-refractivity contribution in [3.63, 3.8) is 0 Å². The Morgan fingerprint density at radius 2 is 2.08 bits per heavy atom. The van der Waals surface area contributed by atoms with Crippen LogP contribution in [-0.4, -0.2) is 22.9 Å². The molecule has 0 spiro atoms. The number of anilines is 2. The van der Waals surface area contributed by atoms with Crippen LogP contribution in [0, 0.1) is 12.3 Å². The first-order valence-electron chi connectivity index (χ1n) is 8.06. The van der Waals surface area contributed by atoms with Crippen molar-refractivity contribution in [2.24, 2.45) is 5.41 Å². The van der Waals surface area contributed by atoms with Gasteiger partial charge in [0.15, 0.2) is 11.2 Å². The molecule has 1 aromatic heterocycles. The minimum Gasteiger partial charge on any atom is -0.479 e. The van der Waals surface area contributed by atoms with Crippen LogP contribution in [0.5, 0.6) is 5.75 Å². The number of aromatic nitrogens is 1. The second-order valence-electron chi connectivity index (χ2n) is 7.09. The van der Waals surface area contributed by atoms with E-state index in [9.17, 15) is 9.59 Å². The second kappa shape index (κ2) is 6.15. The third-order valence-corrected chi connectivity index (χ3v) is 4.77. The lowest BCUT2D eigenvalue weighted by Gasteiger charge is -2.23. The molecule has 2 amide bonds. The molecule has 1 atom stereocenters. The lowest BCUT2D eigenvalue weighted by molar-refractivity contribution is -0.123. The predicted molar refractivity (Wildman–Crippen MR) is 99.1 cm³/mol. The van der Waals surface area contributed by atoms with Gasteiger partial charge in [0.05, 0.1) is 11.4 Å². The van der Waals surface area contributed by atoms with Gasteiger partial charge in [-0.3, -0.25) is 9.59 Å². The highest BCUT2D eigenvalue weighted by atomic mass is 32.1. The molecule has 2 N–H and O–H groups in total. The largest absolute Gasteiger partial charge is 0.479 e. The number of amides is 2. The van der Waals surface area contributed by atoms with E-state index in [0.717, 1.165) is 16.1 Å². The van der Waals surface area contributed by atoms with Gasteiger partial charge in [-0.15, -0.1) is 11.3 Å². The molecule has 132 valence electrons. The SMILES string of the molecule is Cc1sc(NC(=O)C(C)(C)C)nc1-c1ccc2c(c1)NC(=O)[C@@H](C)O2. The first-order chi connectivity index (χ1) is 11.6. The summed E-state index contributed by atoms with van der Waals surface area (Å²) < 4.78 is 5.57. The highest BCUT2D eigenvalue weighted by molar-refractivity contribution is 7.16. The quantitative estimate of drug-likeness (QED) is 0.854. The Balaban J connectivity index is 1.89. The van der Waals surface area contributed by atoms with E-state index in [1.807, 2.05) is 45.9 Å². The molecule has 0 bridgehead atoms. The first kappa shape index (κ1) is 17.4. The number of benzene rings is 1. The molecule has 1 aromatic carbocycles. The summed E-state index contributed by atoms with van der Waals surface area (Å²) in [6, 6.07) is 5.57. The van der Waals surface area contributed by atoms with Gasteiger partial charge in [0, 0.05) is 15.9 Å². The minimum absolute atomic E-state index is 0.0760. The maximum absolute atomic E-state index is 12.1. The van der Waals surface area contributed by atoms with Gasteiger partial charge in [0.25, 0.3) is 5.91 Å². The fraction of sp³-hybridized carbons (Fsp3) is 0.389. The van der Waals surface area contributed by atoms with Gasteiger partial charge in [-0.25, -0.2) is 4.98 Å². The highest BCUT2D eigenvalue weighted by Crippen LogP contribution is 2.37. The topological polar surface area (TPSA) is 80.3 Å². The fourth-order valence-electron chi connectivity index (χ4n) is 2.36. The highest BCUT2D eigenvalue weighted by Gasteiger charge is 2.25. The van der Waals surface area contributed by atoms with Crippen molar-refractivity contribution in [1.82, 2.24) is 4.98 Å². The van der Waals surface area contributed by atoms with Crippen molar-refractivity contribution >= 4 is 34.0 Å². The summed E-state index contributed by atoms with van der Waals surface area (Å²) in [5.74, 6) is 0.399. The van der Waals surface area contributed by atoms with Crippen molar-refractivity contribution < 1.29 is 14.3 Å². The van der Waals surface area contributed by atoms with Crippen LogP contribution in [-0.2, 0) is 9.59 Å². The zero-order valence-electron chi connectivity index (χ0n) is 14.9. The van der Waals surface area contributed by atoms with E-state index in [4.69, 9.17) is 4.74 Å². The van der Waals surface area contributed by atoms with Gasteiger partial charge in [0.1, 0.15) is 5.75 Å². The van der Waals surface area contributed by atoms with E-state index in [1.54, 1.807) is 6.92 Å². The third-order valence-electron chi connectivity index (χ3n) is 3.88. The molecular weight excluding hydrogens is 338 g/mol. The van der Waals surface area contributed by atoms with Gasteiger partial charge < -0.3 is 15.4 Å². The van der Waals surface area contributed by atoms with Gasteiger partial charge in [-0.05, 0) is 32.0 Å². The number of aryl methyl sites for hydroxylation is 1. The van der Waals surface area contributed by atoms with E-state index in [-0.39, 0.29) is 11.8 Å². The number of thiazole rings is 1. The summed E-state index contributed by atoms with van der Waals surface area (Å²) in [5.41, 5.74) is 1.80. The van der Waals surface area contributed by atoms with Crippen LogP contribution in [0.3, 0.4) is 0 Å². The average molecular weight is 359 g/mol. The molecule has 1 aliphatic heterocycles. The summed E-state index contributed by atoms with van der Waals surface area (Å²) in [7, 11) is 0. The average Bonchev–Trinajstić information content (AvgIpc) is 2.87. The van der Waals surface area contributed by atoms with Crippen LogP contribution < -0.4 is 15.4 Å². The van der Waals surface area contributed by atoms with Crippen molar-refractivity contribution in [1.29, 1.82) is 0 Å². The molecule has 0 radical (unpaired) electrons. The molecule has 1 aliphatic rings. The van der Waals surface area contributed by atoms with E-state index < -0.39 is 11.5 Å². The molecule has 25 heavy (non-hydrogen) atoms. The Labute approximate surface area is 150 Å².